The first-order chi connectivity index (χ1) is 10.1. The first-order valence-electron chi connectivity index (χ1n) is 6.21. The van der Waals surface area contributed by atoms with Crippen LogP contribution in [-0.2, 0) is 0 Å². The van der Waals surface area contributed by atoms with Gasteiger partial charge < -0.3 is 11.1 Å². The number of hydrogen-bond acceptors (Lipinski definition) is 4. The summed E-state index contributed by atoms with van der Waals surface area (Å²) in [5, 5.41) is 3.50. The lowest BCUT2D eigenvalue weighted by Gasteiger charge is -2.06. The number of nitrogens with two attached hydrogens (primary N) is 1. The molecule has 0 fully saturated rings. The molecule has 0 atom stereocenters. The minimum atomic E-state index is -0.382. The number of amides is 1. The number of halogens is 1. The van der Waals surface area contributed by atoms with Gasteiger partial charge in [0.1, 0.15) is 5.82 Å². The highest BCUT2D eigenvalue weighted by Gasteiger charge is 2.07. The third-order valence-electron chi connectivity index (χ3n) is 2.96. The second-order valence-corrected chi connectivity index (χ2v) is 4.46. The number of carbonyl (C=O) groups excluding carboxylic acids is 1. The van der Waals surface area contributed by atoms with E-state index in [1.54, 1.807) is 24.4 Å². The van der Waals surface area contributed by atoms with Crippen molar-refractivity contribution in [2.45, 2.75) is 0 Å². The van der Waals surface area contributed by atoms with E-state index in [1.807, 2.05) is 0 Å². The summed E-state index contributed by atoms with van der Waals surface area (Å²) in [5.41, 5.74) is 7.19. The van der Waals surface area contributed by atoms with Gasteiger partial charge in [-0.3, -0.25) is 4.79 Å². The number of anilines is 2. The van der Waals surface area contributed by atoms with E-state index in [0.29, 0.717) is 16.8 Å². The molecule has 3 aromatic rings. The van der Waals surface area contributed by atoms with E-state index in [1.165, 1.54) is 24.3 Å². The molecule has 1 aromatic heterocycles. The van der Waals surface area contributed by atoms with E-state index < -0.39 is 0 Å². The van der Waals surface area contributed by atoms with Crippen LogP contribution in [0.1, 0.15) is 10.4 Å². The summed E-state index contributed by atoms with van der Waals surface area (Å²) in [5.74, 6) is -0.497. The fraction of sp³-hybridized carbons (Fsp3) is 0. The van der Waals surface area contributed by atoms with Crippen molar-refractivity contribution < 1.29 is 9.18 Å². The van der Waals surface area contributed by atoms with Crippen LogP contribution >= 0.6 is 0 Å². The van der Waals surface area contributed by atoms with E-state index in [-0.39, 0.29) is 17.7 Å². The average Bonchev–Trinajstić information content (AvgIpc) is 2.48. The number of nitrogens with one attached hydrogen (secondary N) is 1. The van der Waals surface area contributed by atoms with Crippen molar-refractivity contribution in [2.24, 2.45) is 0 Å². The fourth-order valence-electron chi connectivity index (χ4n) is 1.93. The summed E-state index contributed by atoms with van der Waals surface area (Å²) < 4.78 is 12.8. The number of rotatable bonds is 2. The van der Waals surface area contributed by atoms with Gasteiger partial charge in [-0.2, -0.15) is 0 Å². The lowest BCUT2D eigenvalue weighted by atomic mass is 10.2. The molecule has 0 spiro atoms. The van der Waals surface area contributed by atoms with Crippen LogP contribution in [0.25, 0.3) is 10.9 Å². The van der Waals surface area contributed by atoms with Crippen LogP contribution in [0.2, 0.25) is 0 Å². The van der Waals surface area contributed by atoms with Crippen LogP contribution in [0.4, 0.5) is 16.0 Å². The molecule has 21 heavy (non-hydrogen) atoms. The molecule has 0 unspecified atom stereocenters. The zero-order valence-electron chi connectivity index (χ0n) is 10.9. The summed E-state index contributed by atoms with van der Waals surface area (Å²) >= 11 is 0. The van der Waals surface area contributed by atoms with Crippen LogP contribution in [0.3, 0.4) is 0 Å². The molecule has 5 nitrogen and oxygen atoms in total. The molecule has 6 heteroatoms. The first-order valence-corrected chi connectivity index (χ1v) is 6.21. The van der Waals surface area contributed by atoms with Gasteiger partial charge >= 0.3 is 0 Å². The van der Waals surface area contributed by atoms with Crippen molar-refractivity contribution in [3.05, 3.63) is 60.0 Å². The molecule has 3 rings (SSSR count). The Hall–Kier alpha value is -3.02. The normalized spacial score (nSPS) is 10.5. The maximum absolute atomic E-state index is 12.8. The number of nitrogens with zero attached hydrogens (tertiary/aromatic N) is 2. The Morgan fingerprint density at radius 3 is 2.67 bits per heavy atom. The predicted octanol–water partition coefficient (Wildman–Crippen LogP) is 2.60. The Balaban J connectivity index is 1.85. The molecule has 1 heterocycles. The Kier molecular flexibility index (Phi) is 3.19. The van der Waals surface area contributed by atoms with Crippen molar-refractivity contribution in [3.63, 3.8) is 0 Å². The molecule has 0 aliphatic heterocycles. The minimum Gasteiger partial charge on any atom is -0.368 e. The summed E-state index contributed by atoms with van der Waals surface area (Å²) in [4.78, 5) is 20.0. The Morgan fingerprint density at radius 2 is 1.90 bits per heavy atom. The molecule has 104 valence electrons. The number of fused-ring (bicyclic) bond motifs is 1. The van der Waals surface area contributed by atoms with E-state index in [9.17, 15) is 9.18 Å². The zero-order valence-corrected chi connectivity index (χ0v) is 10.9. The number of hydrogen-bond donors (Lipinski definition) is 2. The number of aromatic nitrogens is 2. The molecule has 2 aromatic carbocycles. The van der Waals surface area contributed by atoms with Gasteiger partial charge in [0.05, 0.1) is 5.52 Å². The van der Waals surface area contributed by atoms with Crippen molar-refractivity contribution in [3.8, 4) is 0 Å². The van der Waals surface area contributed by atoms with Gasteiger partial charge in [-0.1, -0.05) is 0 Å². The maximum atomic E-state index is 12.8. The van der Waals surface area contributed by atoms with E-state index in [2.05, 4.69) is 15.3 Å². The van der Waals surface area contributed by atoms with Gasteiger partial charge in [0.2, 0.25) is 5.95 Å². The predicted molar refractivity (Wildman–Crippen MR) is 78.3 cm³/mol. The highest BCUT2D eigenvalue weighted by atomic mass is 19.1. The molecule has 0 aliphatic rings. The summed E-state index contributed by atoms with van der Waals surface area (Å²) in [6.07, 6.45) is 1.59. The van der Waals surface area contributed by atoms with Crippen LogP contribution in [-0.4, -0.2) is 15.9 Å². The Bertz CT molecular complexity index is 818. The number of nitrogen functional groups attached to an aromatic ring is 1. The van der Waals surface area contributed by atoms with Gasteiger partial charge in [-0.05, 0) is 42.5 Å². The van der Waals surface area contributed by atoms with Crippen LogP contribution in [0.5, 0.6) is 0 Å². The molecule has 1 amide bonds. The number of benzene rings is 2. The van der Waals surface area contributed by atoms with Crippen LogP contribution in [0.15, 0.2) is 48.7 Å². The van der Waals surface area contributed by atoms with E-state index in [4.69, 9.17) is 5.73 Å². The van der Waals surface area contributed by atoms with Crippen LogP contribution in [0, 0.1) is 5.82 Å². The standard InChI is InChI=1S/C15H11FN4O/c16-11-3-1-9(2-4-11)14(21)19-12-5-6-13-10(7-12)8-18-15(17)20-13/h1-8H,(H,19,21)(H2,17,18,20). The lowest BCUT2D eigenvalue weighted by Crippen LogP contribution is -2.11. The summed E-state index contributed by atoms with van der Waals surface area (Å²) in [6.45, 7) is 0. The average molecular weight is 282 g/mol. The van der Waals surface area contributed by atoms with Crippen molar-refractivity contribution in [2.75, 3.05) is 11.1 Å². The smallest absolute Gasteiger partial charge is 0.255 e. The topological polar surface area (TPSA) is 80.9 Å². The summed E-state index contributed by atoms with van der Waals surface area (Å²) in [7, 11) is 0. The summed E-state index contributed by atoms with van der Waals surface area (Å²) in [6, 6.07) is 10.5. The highest BCUT2D eigenvalue weighted by molar-refractivity contribution is 6.05. The van der Waals surface area contributed by atoms with Crippen LogP contribution < -0.4 is 11.1 Å². The lowest BCUT2D eigenvalue weighted by molar-refractivity contribution is 0.102. The van der Waals surface area contributed by atoms with Crippen molar-refractivity contribution >= 4 is 28.4 Å². The molecule has 0 saturated heterocycles. The highest BCUT2D eigenvalue weighted by Crippen LogP contribution is 2.18. The fourth-order valence-corrected chi connectivity index (χ4v) is 1.93. The Labute approximate surface area is 119 Å². The van der Waals surface area contributed by atoms with Crippen molar-refractivity contribution in [1.29, 1.82) is 0 Å². The van der Waals surface area contributed by atoms with Crippen molar-refractivity contribution in [1.82, 2.24) is 9.97 Å². The molecule has 0 aliphatic carbocycles. The largest absolute Gasteiger partial charge is 0.368 e. The van der Waals surface area contributed by atoms with E-state index >= 15 is 0 Å². The number of carbonyl (C=O) groups is 1. The van der Waals surface area contributed by atoms with Gasteiger partial charge in [0, 0.05) is 22.8 Å². The monoisotopic (exact) mass is 282 g/mol. The van der Waals surface area contributed by atoms with Gasteiger partial charge in [0.15, 0.2) is 0 Å². The zero-order chi connectivity index (χ0) is 14.8. The van der Waals surface area contributed by atoms with E-state index in [0.717, 1.165) is 5.39 Å². The second kappa shape index (κ2) is 5.16. The second-order valence-electron chi connectivity index (χ2n) is 4.46. The van der Waals surface area contributed by atoms with Gasteiger partial charge in [0.25, 0.3) is 5.91 Å². The minimum absolute atomic E-state index is 0.200. The third kappa shape index (κ3) is 2.79. The third-order valence-corrected chi connectivity index (χ3v) is 2.96. The quantitative estimate of drug-likeness (QED) is 0.757. The SMILES string of the molecule is Nc1ncc2cc(NC(=O)c3ccc(F)cc3)ccc2n1. The molecular weight excluding hydrogens is 271 g/mol. The molecular formula is C15H11FN4O. The molecule has 0 bridgehead atoms. The molecule has 0 saturated carbocycles. The van der Waals surface area contributed by atoms with Gasteiger partial charge in [-0.25, -0.2) is 14.4 Å². The van der Waals surface area contributed by atoms with Gasteiger partial charge in [-0.15, -0.1) is 0 Å². The molecule has 3 N–H and O–H groups in total. The first kappa shape index (κ1) is 13.0. The maximum Gasteiger partial charge on any atom is 0.255 e. The Morgan fingerprint density at radius 1 is 1.14 bits per heavy atom. The molecule has 0 radical (unpaired) electrons.